The first-order chi connectivity index (χ1) is 9.96. The second kappa shape index (κ2) is 6.80. The summed E-state index contributed by atoms with van der Waals surface area (Å²) in [6, 6.07) is 4.65. The summed E-state index contributed by atoms with van der Waals surface area (Å²) in [4.78, 5) is 0.105. The van der Waals surface area contributed by atoms with Gasteiger partial charge in [0, 0.05) is 18.7 Å². The van der Waals surface area contributed by atoms with E-state index in [0.717, 1.165) is 25.7 Å². The van der Waals surface area contributed by atoms with Crippen molar-refractivity contribution < 1.29 is 13.5 Å². The Morgan fingerprint density at radius 1 is 1.38 bits per heavy atom. The number of halogens is 1. The van der Waals surface area contributed by atoms with Crippen molar-refractivity contribution in [2.24, 2.45) is 0 Å². The van der Waals surface area contributed by atoms with E-state index >= 15 is 0 Å². The van der Waals surface area contributed by atoms with E-state index in [1.165, 1.54) is 16.4 Å². The van der Waals surface area contributed by atoms with E-state index < -0.39 is 10.0 Å². The number of hydrogen-bond donors (Lipinski definition) is 1. The van der Waals surface area contributed by atoms with Gasteiger partial charge in [0.15, 0.2) is 0 Å². The van der Waals surface area contributed by atoms with E-state index in [4.69, 9.17) is 16.7 Å². The Labute approximate surface area is 130 Å². The van der Waals surface area contributed by atoms with Crippen molar-refractivity contribution in [2.75, 3.05) is 13.7 Å². The topological polar surface area (TPSA) is 57.6 Å². The fourth-order valence-corrected chi connectivity index (χ4v) is 4.48. The van der Waals surface area contributed by atoms with Gasteiger partial charge in [-0.15, -0.1) is 0 Å². The lowest BCUT2D eigenvalue weighted by molar-refractivity contribution is 0.350. The SMILES string of the molecule is CN(C1CCCC1)S(=O)(=O)c1ccc(C#CCO)cc1Cl. The highest BCUT2D eigenvalue weighted by molar-refractivity contribution is 7.89. The first-order valence-electron chi connectivity index (χ1n) is 6.84. The van der Waals surface area contributed by atoms with Gasteiger partial charge in [0.1, 0.15) is 11.5 Å². The molecule has 1 fully saturated rings. The molecule has 1 N–H and O–H groups in total. The third-order valence-electron chi connectivity index (χ3n) is 3.74. The molecule has 2 rings (SSSR count). The van der Waals surface area contributed by atoms with E-state index in [9.17, 15) is 8.42 Å². The normalized spacial score (nSPS) is 16.0. The van der Waals surface area contributed by atoms with Crippen molar-refractivity contribution in [3.05, 3.63) is 28.8 Å². The van der Waals surface area contributed by atoms with Crippen molar-refractivity contribution >= 4 is 21.6 Å². The molecule has 0 heterocycles. The van der Waals surface area contributed by atoms with Gasteiger partial charge in [-0.05, 0) is 31.0 Å². The summed E-state index contributed by atoms with van der Waals surface area (Å²) in [7, 11) is -1.97. The van der Waals surface area contributed by atoms with Crippen molar-refractivity contribution in [3.8, 4) is 11.8 Å². The van der Waals surface area contributed by atoms with Gasteiger partial charge in [-0.25, -0.2) is 8.42 Å². The van der Waals surface area contributed by atoms with Crippen LogP contribution in [-0.2, 0) is 10.0 Å². The Kier molecular flexibility index (Phi) is 5.28. The maximum atomic E-state index is 12.6. The van der Waals surface area contributed by atoms with Crippen molar-refractivity contribution in [3.63, 3.8) is 0 Å². The number of benzene rings is 1. The highest BCUT2D eigenvalue weighted by atomic mass is 35.5. The molecule has 4 nitrogen and oxygen atoms in total. The molecule has 0 bridgehead atoms. The van der Waals surface area contributed by atoms with Crippen LogP contribution in [0.4, 0.5) is 0 Å². The Morgan fingerprint density at radius 2 is 2.05 bits per heavy atom. The minimum atomic E-state index is -3.59. The molecule has 1 aromatic rings. The maximum Gasteiger partial charge on any atom is 0.244 e. The third-order valence-corrected chi connectivity index (χ3v) is 6.13. The standard InChI is InChI=1S/C15H18ClNO3S/c1-17(13-6-2-3-7-13)21(19,20)15-9-8-12(5-4-10-18)11-14(15)16/h8-9,11,13,18H,2-3,6-7,10H2,1H3. The van der Waals surface area contributed by atoms with Gasteiger partial charge in [0.2, 0.25) is 10.0 Å². The molecule has 1 aliphatic rings. The quantitative estimate of drug-likeness (QED) is 0.866. The molecule has 0 radical (unpaired) electrons. The van der Waals surface area contributed by atoms with Crippen molar-refractivity contribution in [2.45, 2.75) is 36.6 Å². The smallest absolute Gasteiger partial charge is 0.244 e. The zero-order valence-electron chi connectivity index (χ0n) is 11.8. The second-order valence-corrected chi connectivity index (χ2v) is 7.44. The Balaban J connectivity index is 2.31. The molecule has 0 aromatic heterocycles. The number of hydrogen-bond acceptors (Lipinski definition) is 3. The van der Waals surface area contributed by atoms with E-state index in [-0.39, 0.29) is 22.6 Å². The van der Waals surface area contributed by atoms with Gasteiger partial charge in [-0.3, -0.25) is 0 Å². The summed E-state index contributed by atoms with van der Waals surface area (Å²) in [6.45, 7) is -0.248. The Bertz CT molecular complexity index is 670. The van der Waals surface area contributed by atoms with Crippen LogP contribution in [0, 0.1) is 11.8 Å². The van der Waals surface area contributed by atoms with Crippen LogP contribution in [-0.4, -0.2) is 37.5 Å². The van der Waals surface area contributed by atoms with Gasteiger partial charge in [0.25, 0.3) is 0 Å². The van der Waals surface area contributed by atoms with Crippen molar-refractivity contribution in [1.82, 2.24) is 4.31 Å². The minimum Gasteiger partial charge on any atom is -0.384 e. The summed E-state index contributed by atoms with van der Waals surface area (Å²) in [5, 5.41) is 8.82. The van der Waals surface area contributed by atoms with E-state index in [1.54, 1.807) is 13.1 Å². The lowest BCUT2D eigenvalue weighted by Gasteiger charge is -2.24. The molecule has 114 valence electrons. The summed E-state index contributed by atoms with van der Waals surface area (Å²) < 4.78 is 26.7. The number of aliphatic hydroxyl groups excluding tert-OH is 1. The highest BCUT2D eigenvalue weighted by Crippen LogP contribution is 2.30. The Morgan fingerprint density at radius 3 is 2.62 bits per heavy atom. The van der Waals surface area contributed by atoms with E-state index in [2.05, 4.69) is 11.8 Å². The number of sulfonamides is 1. The van der Waals surface area contributed by atoms with Gasteiger partial charge in [0.05, 0.1) is 5.02 Å². The fourth-order valence-electron chi connectivity index (χ4n) is 2.55. The molecule has 0 spiro atoms. The molecule has 0 saturated heterocycles. The summed E-state index contributed by atoms with van der Waals surface area (Å²) >= 11 is 6.11. The van der Waals surface area contributed by atoms with Crippen LogP contribution in [0.3, 0.4) is 0 Å². The summed E-state index contributed by atoms with van der Waals surface area (Å²) in [5.41, 5.74) is 0.580. The second-order valence-electron chi connectivity index (χ2n) is 5.06. The molecule has 0 atom stereocenters. The van der Waals surface area contributed by atoms with Crippen LogP contribution in [0.25, 0.3) is 0 Å². The van der Waals surface area contributed by atoms with Gasteiger partial charge >= 0.3 is 0 Å². The first kappa shape index (κ1) is 16.3. The molecule has 1 aromatic carbocycles. The zero-order valence-corrected chi connectivity index (χ0v) is 13.4. The maximum absolute atomic E-state index is 12.6. The molecule has 1 saturated carbocycles. The number of aliphatic hydroxyl groups is 1. The molecule has 0 amide bonds. The molecular formula is C15H18ClNO3S. The lowest BCUT2D eigenvalue weighted by atomic mass is 10.2. The number of nitrogens with zero attached hydrogens (tertiary/aromatic N) is 1. The van der Waals surface area contributed by atoms with Crippen LogP contribution in [0.5, 0.6) is 0 Å². The highest BCUT2D eigenvalue weighted by Gasteiger charge is 2.31. The van der Waals surface area contributed by atoms with Crippen LogP contribution < -0.4 is 0 Å². The molecule has 1 aliphatic carbocycles. The average molecular weight is 328 g/mol. The van der Waals surface area contributed by atoms with Crippen LogP contribution in [0.15, 0.2) is 23.1 Å². The molecule has 21 heavy (non-hydrogen) atoms. The fraction of sp³-hybridized carbons (Fsp3) is 0.467. The van der Waals surface area contributed by atoms with E-state index in [1.807, 2.05) is 0 Å². The largest absolute Gasteiger partial charge is 0.384 e. The van der Waals surface area contributed by atoms with Crippen LogP contribution in [0.2, 0.25) is 5.02 Å². The summed E-state index contributed by atoms with van der Waals surface area (Å²) in [6.07, 6.45) is 3.92. The molecule has 0 aliphatic heterocycles. The van der Waals surface area contributed by atoms with Crippen molar-refractivity contribution in [1.29, 1.82) is 0 Å². The number of rotatable bonds is 3. The molecule has 6 heteroatoms. The van der Waals surface area contributed by atoms with E-state index in [0.29, 0.717) is 5.56 Å². The lowest BCUT2D eigenvalue weighted by Crippen LogP contribution is -2.35. The van der Waals surface area contributed by atoms with Gasteiger partial charge < -0.3 is 5.11 Å². The van der Waals surface area contributed by atoms with Gasteiger partial charge in [-0.1, -0.05) is 36.3 Å². The first-order valence-corrected chi connectivity index (χ1v) is 8.66. The predicted molar refractivity (Wildman–Crippen MR) is 82.6 cm³/mol. The minimum absolute atomic E-state index is 0.0555. The average Bonchev–Trinajstić information content (AvgIpc) is 2.98. The zero-order chi connectivity index (χ0) is 15.5. The third kappa shape index (κ3) is 3.58. The summed E-state index contributed by atoms with van der Waals surface area (Å²) in [5.74, 6) is 5.21. The molecule has 0 unspecified atom stereocenters. The Hall–Kier alpha value is -1.06. The van der Waals surface area contributed by atoms with Crippen LogP contribution in [0.1, 0.15) is 31.2 Å². The predicted octanol–water partition coefficient (Wildman–Crippen LogP) is 2.25. The van der Waals surface area contributed by atoms with Crippen LogP contribution >= 0.6 is 11.6 Å². The monoisotopic (exact) mass is 327 g/mol. The molecular weight excluding hydrogens is 310 g/mol. The van der Waals surface area contributed by atoms with Gasteiger partial charge in [-0.2, -0.15) is 4.31 Å².